The molecule has 0 aliphatic carbocycles. The van der Waals surface area contributed by atoms with Gasteiger partial charge in [0.05, 0.1) is 29.6 Å². The number of hydrogen-bond donors (Lipinski definition) is 2. The first-order valence-corrected chi connectivity index (χ1v) is 14.6. The second kappa shape index (κ2) is 14.6. The standard InChI is InChI=1S/C29H26BrClN4O5S/c1-3-38-25-14-18(13-23(30)27(25)40-16-26(36)39-4-2)15-32-35-28(37)20-7-5-19(6-8-20)24-17-41-29(34-24)33-22-11-9-21(31)10-12-22/h5-15,17H,3-4,16H2,1-2H3,(H,33,34)(H,35,37)/b32-15-. The second-order valence-electron chi connectivity index (χ2n) is 8.30. The largest absolute Gasteiger partial charge is 0.490 e. The Morgan fingerprint density at radius 3 is 2.51 bits per heavy atom. The van der Waals surface area contributed by atoms with Gasteiger partial charge in [0.25, 0.3) is 5.91 Å². The SMILES string of the molecule is CCOC(=O)COc1c(Br)cc(/C=N\NC(=O)c2ccc(-c3csc(Nc4ccc(Cl)cc4)n3)cc2)cc1OCC. The molecule has 0 saturated heterocycles. The van der Waals surface area contributed by atoms with Crippen LogP contribution in [0.25, 0.3) is 11.3 Å². The molecule has 4 rings (SSSR count). The fourth-order valence-electron chi connectivity index (χ4n) is 3.54. The molecule has 0 saturated carbocycles. The maximum Gasteiger partial charge on any atom is 0.344 e. The minimum absolute atomic E-state index is 0.251. The van der Waals surface area contributed by atoms with E-state index in [2.05, 4.69) is 36.8 Å². The number of nitrogens with one attached hydrogen (secondary N) is 2. The Labute approximate surface area is 254 Å². The molecule has 0 fully saturated rings. The molecule has 0 radical (unpaired) electrons. The van der Waals surface area contributed by atoms with E-state index in [9.17, 15) is 9.59 Å². The predicted octanol–water partition coefficient (Wildman–Crippen LogP) is 7.07. The summed E-state index contributed by atoms with van der Waals surface area (Å²) < 4.78 is 16.7. The van der Waals surface area contributed by atoms with Crippen molar-refractivity contribution in [2.45, 2.75) is 13.8 Å². The molecule has 1 heterocycles. The van der Waals surface area contributed by atoms with Crippen molar-refractivity contribution in [3.63, 3.8) is 0 Å². The molecular weight excluding hydrogens is 632 g/mol. The lowest BCUT2D eigenvalue weighted by atomic mass is 10.1. The topological polar surface area (TPSA) is 111 Å². The Kier molecular flexibility index (Phi) is 10.7. The zero-order valence-electron chi connectivity index (χ0n) is 22.1. The first-order valence-electron chi connectivity index (χ1n) is 12.5. The van der Waals surface area contributed by atoms with Crippen LogP contribution < -0.4 is 20.2 Å². The van der Waals surface area contributed by atoms with Gasteiger partial charge >= 0.3 is 5.97 Å². The van der Waals surface area contributed by atoms with Crippen LogP contribution in [0.4, 0.5) is 10.8 Å². The highest BCUT2D eigenvalue weighted by molar-refractivity contribution is 9.10. The number of thiazole rings is 1. The highest BCUT2D eigenvalue weighted by Gasteiger charge is 2.14. The number of amides is 1. The van der Waals surface area contributed by atoms with E-state index in [-0.39, 0.29) is 19.1 Å². The third-order valence-electron chi connectivity index (χ3n) is 5.39. The van der Waals surface area contributed by atoms with Crippen LogP contribution in [-0.4, -0.2) is 42.9 Å². The van der Waals surface area contributed by atoms with Crippen molar-refractivity contribution in [2.75, 3.05) is 25.1 Å². The average molecular weight is 658 g/mol. The number of anilines is 2. The molecule has 0 aliphatic rings. The predicted molar refractivity (Wildman–Crippen MR) is 165 cm³/mol. The maximum atomic E-state index is 12.7. The molecule has 2 N–H and O–H groups in total. The van der Waals surface area contributed by atoms with Crippen LogP contribution in [0, 0.1) is 0 Å². The number of carbonyl (C=O) groups excluding carboxylic acids is 2. The summed E-state index contributed by atoms with van der Waals surface area (Å²) in [5.41, 5.74) is 6.18. The number of ether oxygens (including phenoxy) is 3. The van der Waals surface area contributed by atoms with Crippen molar-refractivity contribution < 1.29 is 23.8 Å². The lowest BCUT2D eigenvalue weighted by Crippen LogP contribution is -2.17. The van der Waals surface area contributed by atoms with E-state index in [1.807, 2.05) is 48.7 Å². The van der Waals surface area contributed by atoms with Gasteiger partial charge < -0.3 is 19.5 Å². The molecule has 12 heteroatoms. The van der Waals surface area contributed by atoms with Crippen LogP contribution in [-0.2, 0) is 9.53 Å². The van der Waals surface area contributed by atoms with E-state index in [0.717, 1.165) is 22.1 Å². The fourth-order valence-corrected chi connectivity index (χ4v) is 4.98. The smallest absolute Gasteiger partial charge is 0.344 e. The van der Waals surface area contributed by atoms with Gasteiger partial charge in [-0.1, -0.05) is 23.7 Å². The summed E-state index contributed by atoms with van der Waals surface area (Å²) >= 11 is 10.9. The van der Waals surface area contributed by atoms with Gasteiger partial charge in [-0.25, -0.2) is 15.2 Å². The molecule has 0 bridgehead atoms. The van der Waals surface area contributed by atoms with E-state index < -0.39 is 5.97 Å². The van der Waals surface area contributed by atoms with Crippen molar-refractivity contribution in [1.82, 2.24) is 10.4 Å². The van der Waals surface area contributed by atoms with Gasteiger partial charge in [0, 0.05) is 27.2 Å². The summed E-state index contributed by atoms with van der Waals surface area (Å²) in [5.74, 6) is -0.0577. The molecule has 1 amide bonds. The normalized spacial score (nSPS) is 10.8. The lowest BCUT2D eigenvalue weighted by Gasteiger charge is -2.14. The number of aromatic nitrogens is 1. The second-order valence-corrected chi connectivity index (χ2v) is 10.5. The van der Waals surface area contributed by atoms with Crippen LogP contribution in [0.3, 0.4) is 0 Å². The van der Waals surface area contributed by atoms with Gasteiger partial charge in [-0.15, -0.1) is 11.3 Å². The van der Waals surface area contributed by atoms with Crippen molar-refractivity contribution >= 4 is 67.8 Å². The zero-order chi connectivity index (χ0) is 29.2. The van der Waals surface area contributed by atoms with Crippen LogP contribution in [0.1, 0.15) is 29.8 Å². The van der Waals surface area contributed by atoms with Crippen LogP contribution in [0.5, 0.6) is 11.5 Å². The molecule has 41 heavy (non-hydrogen) atoms. The summed E-state index contributed by atoms with van der Waals surface area (Å²) in [6.07, 6.45) is 1.49. The number of benzene rings is 3. The highest BCUT2D eigenvalue weighted by Crippen LogP contribution is 2.36. The summed E-state index contributed by atoms with van der Waals surface area (Å²) in [7, 11) is 0. The highest BCUT2D eigenvalue weighted by atomic mass is 79.9. The monoisotopic (exact) mass is 656 g/mol. The molecule has 4 aromatic rings. The first-order chi connectivity index (χ1) is 19.9. The lowest BCUT2D eigenvalue weighted by molar-refractivity contribution is -0.145. The molecule has 0 atom stereocenters. The van der Waals surface area contributed by atoms with E-state index in [1.54, 1.807) is 31.2 Å². The number of hydrazone groups is 1. The van der Waals surface area contributed by atoms with Gasteiger partial charge in [0.15, 0.2) is 23.2 Å². The third-order valence-corrected chi connectivity index (χ3v) is 6.99. The number of carbonyl (C=O) groups is 2. The van der Waals surface area contributed by atoms with Crippen LogP contribution in [0.15, 0.2) is 75.6 Å². The Balaban J connectivity index is 1.36. The Morgan fingerprint density at radius 2 is 1.80 bits per heavy atom. The molecule has 0 spiro atoms. The number of rotatable bonds is 12. The molecule has 9 nitrogen and oxygen atoms in total. The van der Waals surface area contributed by atoms with E-state index >= 15 is 0 Å². The van der Waals surface area contributed by atoms with Gasteiger partial charge in [-0.2, -0.15) is 5.10 Å². The molecule has 212 valence electrons. The Bertz CT molecular complexity index is 1530. The van der Waals surface area contributed by atoms with Gasteiger partial charge in [0.1, 0.15) is 0 Å². The van der Waals surface area contributed by atoms with E-state index in [4.69, 9.17) is 25.8 Å². The number of hydrogen-bond acceptors (Lipinski definition) is 9. The van der Waals surface area contributed by atoms with Crippen LogP contribution >= 0.6 is 38.9 Å². The summed E-state index contributed by atoms with van der Waals surface area (Å²) in [5, 5.41) is 10.7. The number of nitrogens with zero attached hydrogens (tertiary/aromatic N) is 2. The van der Waals surface area contributed by atoms with Gasteiger partial charge in [-0.05, 0) is 83.9 Å². The van der Waals surface area contributed by atoms with Crippen molar-refractivity contribution in [1.29, 1.82) is 0 Å². The van der Waals surface area contributed by atoms with Crippen molar-refractivity contribution in [3.8, 4) is 22.8 Å². The Hall–Kier alpha value is -3.93. The number of esters is 1. The third kappa shape index (κ3) is 8.53. The molecular formula is C29H26BrClN4O5S. The van der Waals surface area contributed by atoms with Crippen LogP contribution in [0.2, 0.25) is 5.02 Å². The van der Waals surface area contributed by atoms with Gasteiger partial charge in [-0.3, -0.25) is 4.79 Å². The minimum Gasteiger partial charge on any atom is -0.490 e. The zero-order valence-corrected chi connectivity index (χ0v) is 25.3. The quantitative estimate of drug-likeness (QED) is 0.0952. The van der Waals surface area contributed by atoms with Crippen molar-refractivity contribution in [3.05, 3.63) is 86.7 Å². The maximum absolute atomic E-state index is 12.7. The summed E-state index contributed by atoms with van der Waals surface area (Å²) in [6.45, 7) is 3.96. The minimum atomic E-state index is -0.481. The van der Waals surface area contributed by atoms with E-state index in [0.29, 0.717) is 38.7 Å². The number of halogens is 2. The first kappa shape index (κ1) is 30.0. The van der Waals surface area contributed by atoms with Gasteiger partial charge in [0.2, 0.25) is 0 Å². The van der Waals surface area contributed by atoms with Crippen molar-refractivity contribution in [2.24, 2.45) is 5.10 Å². The Morgan fingerprint density at radius 1 is 1.05 bits per heavy atom. The molecule has 1 aromatic heterocycles. The molecule has 0 unspecified atom stereocenters. The molecule has 3 aromatic carbocycles. The summed E-state index contributed by atoms with van der Waals surface area (Å²) in [6, 6.07) is 17.9. The fraction of sp³-hybridized carbons (Fsp3) is 0.172. The van der Waals surface area contributed by atoms with E-state index in [1.165, 1.54) is 17.6 Å². The molecule has 0 aliphatic heterocycles. The average Bonchev–Trinajstić information content (AvgIpc) is 3.43. The summed E-state index contributed by atoms with van der Waals surface area (Å²) in [4.78, 5) is 28.9.